The van der Waals surface area contributed by atoms with E-state index < -0.39 is 0 Å². The van der Waals surface area contributed by atoms with E-state index in [9.17, 15) is 10.1 Å². The zero-order valence-corrected chi connectivity index (χ0v) is 11.8. The zero-order chi connectivity index (χ0) is 14.0. The van der Waals surface area contributed by atoms with Crippen molar-refractivity contribution in [2.24, 2.45) is 5.41 Å². The summed E-state index contributed by atoms with van der Waals surface area (Å²) < 4.78 is 0. The van der Waals surface area contributed by atoms with Gasteiger partial charge in [0, 0.05) is 23.9 Å². The van der Waals surface area contributed by atoms with Crippen LogP contribution in [0.4, 0.5) is 11.4 Å². The third-order valence-corrected chi connectivity index (χ3v) is 5.14. The Morgan fingerprint density at radius 2 is 1.85 bits per heavy atom. The monoisotopic (exact) mass is 274 g/mol. The van der Waals surface area contributed by atoms with Gasteiger partial charge < -0.3 is 5.32 Å². The highest BCUT2D eigenvalue weighted by Crippen LogP contribution is 2.49. The fourth-order valence-corrected chi connectivity index (χ4v) is 3.94. The summed E-state index contributed by atoms with van der Waals surface area (Å²) in [6, 6.07) is 7.33. The minimum atomic E-state index is -0.334. The fourth-order valence-electron chi connectivity index (χ4n) is 3.94. The van der Waals surface area contributed by atoms with Crippen molar-refractivity contribution in [2.75, 3.05) is 5.32 Å². The normalized spacial score (nSPS) is 22.0. The Morgan fingerprint density at radius 3 is 2.50 bits per heavy atom. The summed E-state index contributed by atoms with van der Waals surface area (Å²) in [4.78, 5) is 10.5. The Kier molecular flexibility index (Phi) is 3.64. The summed E-state index contributed by atoms with van der Waals surface area (Å²) >= 11 is 0. The average molecular weight is 274 g/mol. The minimum Gasteiger partial charge on any atom is -0.382 e. The number of hydrogen-bond acceptors (Lipinski definition) is 3. The largest absolute Gasteiger partial charge is 0.382 e. The lowest BCUT2D eigenvalue weighted by molar-refractivity contribution is -0.384. The Balaban J connectivity index is 1.59. The minimum absolute atomic E-state index is 0.165. The Morgan fingerprint density at radius 1 is 1.15 bits per heavy atom. The number of non-ortho nitro benzene ring substituents is 1. The van der Waals surface area contributed by atoms with Gasteiger partial charge >= 0.3 is 0 Å². The van der Waals surface area contributed by atoms with Crippen LogP contribution in [0.15, 0.2) is 24.3 Å². The molecular weight excluding hydrogens is 252 g/mol. The first kappa shape index (κ1) is 13.4. The molecule has 0 atom stereocenters. The summed E-state index contributed by atoms with van der Waals surface area (Å²) in [5, 5.41) is 14.3. The van der Waals surface area contributed by atoms with Crippen LogP contribution in [0.1, 0.15) is 51.4 Å². The first-order valence-electron chi connectivity index (χ1n) is 7.68. The highest BCUT2D eigenvalue weighted by Gasteiger charge is 2.37. The Hall–Kier alpha value is -1.58. The molecule has 0 unspecified atom stereocenters. The molecule has 0 saturated heterocycles. The number of nitrogens with zero attached hydrogens (tertiary/aromatic N) is 1. The van der Waals surface area contributed by atoms with Crippen molar-refractivity contribution in [2.45, 2.75) is 57.4 Å². The van der Waals surface area contributed by atoms with E-state index >= 15 is 0 Å². The molecule has 0 radical (unpaired) electrons. The molecule has 1 N–H and O–H groups in total. The average Bonchev–Trinajstić information content (AvgIpc) is 2.90. The second kappa shape index (κ2) is 5.43. The third-order valence-electron chi connectivity index (χ3n) is 5.14. The van der Waals surface area contributed by atoms with Gasteiger partial charge in [-0.1, -0.05) is 18.9 Å². The lowest BCUT2D eigenvalue weighted by atomic mass is 9.71. The van der Waals surface area contributed by atoms with Gasteiger partial charge in [0.05, 0.1) is 4.92 Å². The van der Waals surface area contributed by atoms with E-state index in [1.54, 1.807) is 18.2 Å². The standard InChI is InChI=1S/C16H22N2O2/c19-18(20)15-5-3-4-14(12-15)17-13-6-10-16(11-7-13)8-1-2-9-16/h3-5,12-13,17H,1-2,6-11H2. The number of rotatable bonds is 3. The molecule has 2 aliphatic rings. The summed E-state index contributed by atoms with van der Waals surface area (Å²) in [6.07, 6.45) is 10.7. The quantitative estimate of drug-likeness (QED) is 0.651. The molecule has 0 amide bonds. The topological polar surface area (TPSA) is 55.2 Å². The van der Waals surface area contributed by atoms with E-state index in [0.29, 0.717) is 11.5 Å². The summed E-state index contributed by atoms with van der Waals surface area (Å²) in [6.45, 7) is 0. The Labute approximate surface area is 119 Å². The van der Waals surface area contributed by atoms with Crippen molar-refractivity contribution in [1.29, 1.82) is 0 Å². The molecular formula is C16H22N2O2. The van der Waals surface area contributed by atoms with Crippen molar-refractivity contribution in [3.8, 4) is 0 Å². The molecule has 4 heteroatoms. The molecule has 2 fully saturated rings. The van der Waals surface area contributed by atoms with Crippen molar-refractivity contribution in [3.05, 3.63) is 34.4 Å². The molecule has 3 rings (SSSR count). The van der Waals surface area contributed by atoms with Crippen LogP contribution in [0.5, 0.6) is 0 Å². The predicted molar refractivity (Wildman–Crippen MR) is 79.9 cm³/mol. The molecule has 0 aliphatic heterocycles. The van der Waals surface area contributed by atoms with Gasteiger partial charge in [0.25, 0.3) is 5.69 Å². The fraction of sp³-hybridized carbons (Fsp3) is 0.625. The van der Waals surface area contributed by atoms with Crippen LogP contribution in [-0.4, -0.2) is 11.0 Å². The van der Waals surface area contributed by atoms with E-state index in [1.807, 2.05) is 6.07 Å². The maximum Gasteiger partial charge on any atom is 0.271 e. The van der Waals surface area contributed by atoms with Gasteiger partial charge in [0.1, 0.15) is 0 Å². The summed E-state index contributed by atoms with van der Waals surface area (Å²) in [5.74, 6) is 0. The molecule has 0 heterocycles. The molecule has 20 heavy (non-hydrogen) atoms. The van der Waals surface area contributed by atoms with E-state index in [2.05, 4.69) is 5.32 Å². The van der Waals surface area contributed by atoms with Gasteiger partial charge in [-0.3, -0.25) is 10.1 Å². The molecule has 2 saturated carbocycles. The Bertz CT molecular complexity index is 485. The van der Waals surface area contributed by atoms with Crippen LogP contribution in [0, 0.1) is 15.5 Å². The SMILES string of the molecule is O=[N+]([O-])c1cccc(NC2CCC3(CCCC3)CC2)c1. The van der Waals surface area contributed by atoms with Crippen LogP contribution in [-0.2, 0) is 0 Å². The van der Waals surface area contributed by atoms with Gasteiger partial charge in [0.2, 0.25) is 0 Å². The molecule has 0 aromatic heterocycles. The predicted octanol–water partition coefficient (Wildman–Crippen LogP) is 4.51. The van der Waals surface area contributed by atoms with Gasteiger partial charge in [-0.25, -0.2) is 0 Å². The van der Waals surface area contributed by atoms with Crippen LogP contribution in [0.3, 0.4) is 0 Å². The smallest absolute Gasteiger partial charge is 0.271 e. The number of benzene rings is 1. The van der Waals surface area contributed by atoms with E-state index in [4.69, 9.17) is 0 Å². The summed E-state index contributed by atoms with van der Waals surface area (Å²) in [7, 11) is 0. The van der Waals surface area contributed by atoms with Crippen LogP contribution < -0.4 is 5.32 Å². The van der Waals surface area contributed by atoms with Crippen LogP contribution >= 0.6 is 0 Å². The van der Waals surface area contributed by atoms with Gasteiger partial charge in [-0.15, -0.1) is 0 Å². The van der Waals surface area contributed by atoms with E-state index in [-0.39, 0.29) is 10.6 Å². The second-order valence-corrected chi connectivity index (χ2v) is 6.43. The number of hydrogen-bond donors (Lipinski definition) is 1. The lowest BCUT2D eigenvalue weighted by Gasteiger charge is -2.37. The van der Waals surface area contributed by atoms with E-state index in [0.717, 1.165) is 5.69 Å². The highest BCUT2D eigenvalue weighted by molar-refractivity contribution is 5.51. The first-order valence-corrected chi connectivity index (χ1v) is 7.68. The summed E-state index contributed by atoms with van der Waals surface area (Å²) in [5.41, 5.74) is 1.69. The van der Waals surface area contributed by atoms with Gasteiger partial charge in [-0.2, -0.15) is 0 Å². The third kappa shape index (κ3) is 2.79. The first-order chi connectivity index (χ1) is 9.67. The van der Waals surface area contributed by atoms with E-state index in [1.165, 1.54) is 51.4 Å². The van der Waals surface area contributed by atoms with Gasteiger partial charge in [0.15, 0.2) is 0 Å². The molecule has 2 aliphatic carbocycles. The van der Waals surface area contributed by atoms with Crippen molar-refractivity contribution >= 4 is 11.4 Å². The molecule has 1 aromatic rings. The van der Waals surface area contributed by atoms with Crippen LogP contribution in [0.25, 0.3) is 0 Å². The molecule has 4 nitrogen and oxygen atoms in total. The zero-order valence-electron chi connectivity index (χ0n) is 11.8. The highest BCUT2D eigenvalue weighted by atomic mass is 16.6. The van der Waals surface area contributed by atoms with Crippen molar-refractivity contribution < 1.29 is 4.92 Å². The maximum atomic E-state index is 10.8. The molecule has 1 spiro atoms. The number of anilines is 1. The molecule has 0 bridgehead atoms. The maximum absolute atomic E-state index is 10.8. The second-order valence-electron chi connectivity index (χ2n) is 6.43. The molecule has 1 aromatic carbocycles. The number of nitro benzene ring substituents is 1. The van der Waals surface area contributed by atoms with Crippen LogP contribution in [0.2, 0.25) is 0 Å². The molecule has 108 valence electrons. The van der Waals surface area contributed by atoms with Crippen molar-refractivity contribution in [3.63, 3.8) is 0 Å². The lowest BCUT2D eigenvalue weighted by Crippen LogP contribution is -2.31. The number of nitrogens with one attached hydrogen (secondary N) is 1. The van der Waals surface area contributed by atoms with Gasteiger partial charge in [-0.05, 0) is 50.0 Å². The van der Waals surface area contributed by atoms with Crippen molar-refractivity contribution in [1.82, 2.24) is 0 Å². The number of nitro groups is 1.